The molecule has 4 nitrogen and oxygen atoms in total. The Morgan fingerprint density at radius 2 is 2.16 bits per heavy atom. The number of hydrogen-bond acceptors (Lipinski definition) is 3. The Labute approximate surface area is 116 Å². The van der Waals surface area contributed by atoms with Crippen molar-refractivity contribution in [2.75, 3.05) is 0 Å². The summed E-state index contributed by atoms with van der Waals surface area (Å²) < 4.78 is 7.17. The maximum atomic E-state index is 11.3. The zero-order chi connectivity index (χ0) is 14.0. The molecule has 100 valence electrons. The second-order valence-corrected chi connectivity index (χ2v) is 4.92. The van der Waals surface area contributed by atoms with Gasteiger partial charge in [-0.3, -0.25) is 4.79 Å². The molecule has 0 radical (unpaired) electrons. The number of aromatic nitrogens is 2. The van der Waals surface area contributed by atoms with Crippen LogP contribution in [-0.4, -0.2) is 21.7 Å². The third kappa shape index (κ3) is 3.15. The molecule has 0 fully saturated rings. The van der Waals surface area contributed by atoms with Gasteiger partial charge in [0.2, 0.25) is 0 Å². The van der Waals surface area contributed by atoms with Crippen LogP contribution in [0.5, 0.6) is 5.75 Å². The van der Waals surface area contributed by atoms with E-state index in [1.807, 2.05) is 13.8 Å². The maximum absolute atomic E-state index is 11.3. The summed E-state index contributed by atoms with van der Waals surface area (Å²) in [7, 11) is 0. The Kier molecular flexibility index (Phi) is 3.90. The van der Waals surface area contributed by atoms with Crippen molar-refractivity contribution < 1.29 is 9.53 Å². The molecule has 0 saturated carbocycles. The average molecular weight is 279 g/mol. The molecule has 5 heteroatoms. The van der Waals surface area contributed by atoms with Crippen LogP contribution >= 0.6 is 11.6 Å². The van der Waals surface area contributed by atoms with Gasteiger partial charge in [-0.05, 0) is 39.0 Å². The summed E-state index contributed by atoms with van der Waals surface area (Å²) in [6.45, 7) is 5.41. The maximum Gasteiger partial charge on any atom is 0.159 e. The molecule has 0 aliphatic heterocycles. The second kappa shape index (κ2) is 5.45. The SMILES string of the molecule is CC(=O)c1ccc(-n2cc(OC(C)C)cn2)c(Cl)c1. The van der Waals surface area contributed by atoms with Crippen molar-refractivity contribution in [3.63, 3.8) is 0 Å². The molecule has 1 aromatic heterocycles. The highest BCUT2D eigenvalue weighted by Gasteiger charge is 2.09. The summed E-state index contributed by atoms with van der Waals surface area (Å²) >= 11 is 6.17. The summed E-state index contributed by atoms with van der Waals surface area (Å²) in [6, 6.07) is 5.14. The van der Waals surface area contributed by atoms with Crippen LogP contribution in [0.15, 0.2) is 30.6 Å². The van der Waals surface area contributed by atoms with Gasteiger partial charge in [-0.2, -0.15) is 5.10 Å². The molecule has 0 spiro atoms. The number of ether oxygens (including phenoxy) is 1. The molecule has 1 aromatic carbocycles. The molecule has 0 aliphatic carbocycles. The number of benzene rings is 1. The Morgan fingerprint density at radius 1 is 1.42 bits per heavy atom. The molecule has 0 aliphatic rings. The monoisotopic (exact) mass is 278 g/mol. The zero-order valence-corrected chi connectivity index (χ0v) is 11.8. The van der Waals surface area contributed by atoms with Crippen LogP contribution in [0.25, 0.3) is 5.69 Å². The highest BCUT2D eigenvalue weighted by atomic mass is 35.5. The van der Waals surface area contributed by atoms with Crippen molar-refractivity contribution in [2.24, 2.45) is 0 Å². The van der Waals surface area contributed by atoms with Crippen molar-refractivity contribution in [1.29, 1.82) is 0 Å². The van der Waals surface area contributed by atoms with Crippen LogP contribution < -0.4 is 4.74 Å². The van der Waals surface area contributed by atoms with Gasteiger partial charge >= 0.3 is 0 Å². The minimum absolute atomic E-state index is 0.0160. The van der Waals surface area contributed by atoms with Gasteiger partial charge in [0, 0.05) is 5.56 Å². The molecule has 0 amide bonds. The molecule has 1 heterocycles. The summed E-state index contributed by atoms with van der Waals surface area (Å²) in [6.07, 6.45) is 3.48. The summed E-state index contributed by atoms with van der Waals surface area (Å²) in [5.41, 5.74) is 1.30. The van der Waals surface area contributed by atoms with Gasteiger partial charge in [-0.25, -0.2) is 4.68 Å². The quantitative estimate of drug-likeness (QED) is 0.804. The van der Waals surface area contributed by atoms with Gasteiger partial charge in [0.25, 0.3) is 0 Å². The van der Waals surface area contributed by atoms with Crippen LogP contribution in [0.1, 0.15) is 31.1 Å². The lowest BCUT2D eigenvalue weighted by Crippen LogP contribution is -2.04. The normalized spacial score (nSPS) is 10.8. The molecule has 0 unspecified atom stereocenters. The molecule has 0 N–H and O–H groups in total. The molecular weight excluding hydrogens is 264 g/mol. The number of nitrogens with zero attached hydrogens (tertiary/aromatic N) is 2. The first-order valence-corrected chi connectivity index (χ1v) is 6.37. The van der Waals surface area contributed by atoms with Gasteiger partial charge in [0.1, 0.15) is 0 Å². The van der Waals surface area contributed by atoms with Crippen molar-refractivity contribution in [3.8, 4) is 11.4 Å². The van der Waals surface area contributed by atoms with Gasteiger partial charge in [0.15, 0.2) is 11.5 Å². The fraction of sp³-hybridized carbons (Fsp3) is 0.286. The van der Waals surface area contributed by atoms with Gasteiger partial charge in [-0.15, -0.1) is 0 Å². The Morgan fingerprint density at radius 3 is 2.74 bits per heavy atom. The highest BCUT2D eigenvalue weighted by Crippen LogP contribution is 2.23. The summed E-state index contributed by atoms with van der Waals surface area (Å²) in [5.74, 6) is 0.666. The van der Waals surface area contributed by atoms with E-state index in [1.165, 1.54) is 6.92 Å². The van der Waals surface area contributed by atoms with Crippen molar-refractivity contribution in [1.82, 2.24) is 9.78 Å². The smallest absolute Gasteiger partial charge is 0.159 e. The van der Waals surface area contributed by atoms with Crippen LogP contribution in [0.3, 0.4) is 0 Å². The number of halogens is 1. The van der Waals surface area contributed by atoms with Gasteiger partial charge < -0.3 is 4.74 Å². The van der Waals surface area contributed by atoms with E-state index in [-0.39, 0.29) is 11.9 Å². The molecule has 0 bridgehead atoms. The molecule has 0 atom stereocenters. The van der Waals surface area contributed by atoms with Gasteiger partial charge in [0.05, 0.1) is 29.2 Å². The lowest BCUT2D eigenvalue weighted by molar-refractivity contribution is 0.101. The van der Waals surface area contributed by atoms with Crippen LogP contribution in [-0.2, 0) is 0 Å². The summed E-state index contributed by atoms with van der Waals surface area (Å²) in [5, 5.41) is 4.68. The lowest BCUT2D eigenvalue weighted by Gasteiger charge is -2.07. The van der Waals surface area contributed by atoms with Crippen LogP contribution in [0.4, 0.5) is 0 Å². The van der Waals surface area contributed by atoms with E-state index in [9.17, 15) is 4.79 Å². The van der Waals surface area contributed by atoms with Crippen molar-refractivity contribution in [3.05, 3.63) is 41.2 Å². The summed E-state index contributed by atoms with van der Waals surface area (Å²) in [4.78, 5) is 11.3. The third-order valence-electron chi connectivity index (χ3n) is 2.53. The Hall–Kier alpha value is -1.81. The molecule has 19 heavy (non-hydrogen) atoms. The predicted molar refractivity (Wildman–Crippen MR) is 74.3 cm³/mol. The number of rotatable bonds is 4. The van der Waals surface area contributed by atoms with E-state index in [0.717, 1.165) is 0 Å². The fourth-order valence-corrected chi connectivity index (χ4v) is 1.95. The van der Waals surface area contributed by atoms with E-state index < -0.39 is 0 Å². The van der Waals surface area contributed by atoms with E-state index in [4.69, 9.17) is 16.3 Å². The molecule has 0 saturated heterocycles. The van der Waals surface area contributed by atoms with E-state index >= 15 is 0 Å². The Bertz CT molecular complexity index is 605. The van der Waals surface area contributed by atoms with Crippen LogP contribution in [0, 0.1) is 0 Å². The van der Waals surface area contributed by atoms with Crippen LogP contribution in [0.2, 0.25) is 5.02 Å². The average Bonchev–Trinajstić information content (AvgIpc) is 2.76. The molecular formula is C14H15ClN2O2. The van der Waals surface area contributed by atoms with Crippen molar-refractivity contribution >= 4 is 17.4 Å². The largest absolute Gasteiger partial charge is 0.488 e. The topological polar surface area (TPSA) is 44.1 Å². The van der Waals surface area contributed by atoms with Gasteiger partial charge in [-0.1, -0.05) is 11.6 Å². The molecule has 2 aromatic rings. The first kappa shape index (κ1) is 13.6. The predicted octanol–water partition coefficient (Wildman–Crippen LogP) is 3.52. The number of ketones is 1. The number of Topliss-reactive ketones (excluding diaryl/α,β-unsaturated/α-hetero) is 1. The van der Waals surface area contributed by atoms with E-state index in [1.54, 1.807) is 35.3 Å². The Balaban J connectivity index is 2.31. The first-order valence-electron chi connectivity index (χ1n) is 5.99. The molecule has 2 rings (SSSR count). The standard InChI is InChI=1S/C14H15ClN2O2/c1-9(2)19-12-7-16-17(8-12)14-5-4-11(10(3)18)6-13(14)15/h4-9H,1-3H3. The number of carbonyl (C=O) groups excluding carboxylic acids is 1. The second-order valence-electron chi connectivity index (χ2n) is 4.51. The highest BCUT2D eigenvalue weighted by molar-refractivity contribution is 6.32. The fourth-order valence-electron chi connectivity index (χ4n) is 1.68. The van der Waals surface area contributed by atoms with E-state index in [0.29, 0.717) is 22.0 Å². The lowest BCUT2D eigenvalue weighted by atomic mass is 10.1. The third-order valence-corrected chi connectivity index (χ3v) is 2.83. The minimum Gasteiger partial charge on any atom is -0.488 e. The first-order chi connectivity index (χ1) is 8.97. The minimum atomic E-state index is -0.0160. The van der Waals surface area contributed by atoms with E-state index in [2.05, 4.69) is 5.10 Å². The van der Waals surface area contributed by atoms with Crippen molar-refractivity contribution in [2.45, 2.75) is 26.9 Å². The number of hydrogen-bond donors (Lipinski definition) is 0. The number of carbonyl (C=O) groups is 1. The zero-order valence-electron chi connectivity index (χ0n) is 11.1.